The molecule has 0 saturated heterocycles. The van der Waals surface area contributed by atoms with Gasteiger partial charge in [-0.15, -0.1) is 0 Å². The number of amides is 2. The first-order valence-corrected chi connectivity index (χ1v) is 5.94. The quantitative estimate of drug-likeness (QED) is 0.767. The SMILES string of the molecule is Cc1cc(NC(=O)NC(C)CCC(=O)O)ccc1F. The van der Waals surface area contributed by atoms with E-state index in [2.05, 4.69) is 10.6 Å². The Bertz CT molecular complexity index is 477. The average molecular weight is 268 g/mol. The predicted octanol–water partition coefficient (Wildman–Crippen LogP) is 2.51. The Labute approximate surface area is 110 Å². The fraction of sp³-hybridized carbons (Fsp3) is 0.385. The molecule has 1 aromatic rings. The molecule has 0 bridgehead atoms. The van der Waals surface area contributed by atoms with Gasteiger partial charge >= 0.3 is 12.0 Å². The number of carboxylic acid groups (broad SMARTS) is 1. The van der Waals surface area contributed by atoms with Gasteiger partial charge in [0.25, 0.3) is 0 Å². The Morgan fingerprint density at radius 2 is 2.11 bits per heavy atom. The van der Waals surface area contributed by atoms with Crippen molar-refractivity contribution in [2.45, 2.75) is 32.7 Å². The largest absolute Gasteiger partial charge is 0.481 e. The van der Waals surface area contributed by atoms with E-state index < -0.39 is 12.0 Å². The number of hydrogen-bond donors (Lipinski definition) is 3. The Balaban J connectivity index is 2.46. The maximum absolute atomic E-state index is 13.0. The van der Waals surface area contributed by atoms with E-state index in [0.717, 1.165) is 0 Å². The molecule has 0 aliphatic rings. The molecule has 1 unspecified atom stereocenters. The molecule has 0 saturated carbocycles. The first kappa shape index (κ1) is 14.9. The van der Waals surface area contributed by atoms with E-state index in [-0.39, 0.29) is 18.3 Å². The average Bonchev–Trinajstić information content (AvgIpc) is 2.31. The lowest BCUT2D eigenvalue weighted by Crippen LogP contribution is -2.36. The van der Waals surface area contributed by atoms with Crippen LogP contribution < -0.4 is 10.6 Å². The third-order valence-corrected chi connectivity index (χ3v) is 2.58. The molecule has 3 N–H and O–H groups in total. The summed E-state index contributed by atoms with van der Waals surface area (Å²) in [6.45, 7) is 3.33. The fourth-order valence-electron chi connectivity index (χ4n) is 1.53. The predicted molar refractivity (Wildman–Crippen MR) is 69.6 cm³/mol. The van der Waals surface area contributed by atoms with Crippen molar-refractivity contribution in [2.75, 3.05) is 5.32 Å². The Morgan fingerprint density at radius 3 is 2.68 bits per heavy atom. The van der Waals surface area contributed by atoms with Crippen LogP contribution in [0.5, 0.6) is 0 Å². The van der Waals surface area contributed by atoms with Gasteiger partial charge in [-0.25, -0.2) is 9.18 Å². The van der Waals surface area contributed by atoms with Crippen molar-refractivity contribution >= 4 is 17.7 Å². The summed E-state index contributed by atoms with van der Waals surface area (Å²) in [5, 5.41) is 13.7. The number of nitrogens with one attached hydrogen (secondary N) is 2. The monoisotopic (exact) mass is 268 g/mol. The van der Waals surface area contributed by atoms with E-state index in [0.29, 0.717) is 17.7 Å². The molecule has 0 radical (unpaired) electrons. The van der Waals surface area contributed by atoms with Crippen LogP contribution in [0, 0.1) is 12.7 Å². The van der Waals surface area contributed by atoms with Gasteiger partial charge in [0.15, 0.2) is 0 Å². The first-order valence-electron chi connectivity index (χ1n) is 5.94. The lowest BCUT2D eigenvalue weighted by Gasteiger charge is -2.14. The number of halogens is 1. The molecule has 2 amide bonds. The van der Waals surface area contributed by atoms with E-state index in [1.165, 1.54) is 18.2 Å². The minimum absolute atomic E-state index is 0.00287. The van der Waals surface area contributed by atoms with E-state index in [4.69, 9.17) is 5.11 Å². The molecule has 1 rings (SSSR count). The lowest BCUT2D eigenvalue weighted by molar-refractivity contribution is -0.137. The van der Waals surface area contributed by atoms with E-state index >= 15 is 0 Å². The molecular weight excluding hydrogens is 251 g/mol. The summed E-state index contributed by atoms with van der Waals surface area (Å²) < 4.78 is 13.0. The zero-order valence-electron chi connectivity index (χ0n) is 10.9. The summed E-state index contributed by atoms with van der Waals surface area (Å²) >= 11 is 0. The number of aliphatic carboxylic acids is 1. The van der Waals surface area contributed by atoms with Crippen LogP contribution in [0.15, 0.2) is 18.2 Å². The number of rotatable bonds is 5. The maximum atomic E-state index is 13.0. The molecule has 0 heterocycles. The second-order valence-corrected chi connectivity index (χ2v) is 4.40. The van der Waals surface area contributed by atoms with Gasteiger partial charge in [-0.1, -0.05) is 0 Å². The normalized spacial score (nSPS) is 11.7. The molecule has 1 aromatic carbocycles. The molecular formula is C13H17FN2O3. The molecule has 104 valence electrons. The minimum Gasteiger partial charge on any atom is -0.481 e. The highest BCUT2D eigenvalue weighted by molar-refractivity contribution is 5.89. The summed E-state index contributed by atoms with van der Waals surface area (Å²) in [6, 6.07) is 3.57. The van der Waals surface area contributed by atoms with E-state index in [9.17, 15) is 14.0 Å². The zero-order chi connectivity index (χ0) is 14.4. The zero-order valence-corrected chi connectivity index (χ0v) is 10.9. The van der Waals surface area contributed by atoms with Crippen LogP contribution in [-0.4, -0.2) is 23.1 Å². The summed E-state index contributed by atoms with van der Waals surface area (Å²) in [7, 11) is 0. The first-order chi connectivity index (χ1) is 8.88. The smallest absolute Gasteiger partial charge is 0.319 e. The molecule has 5 nitrogen and oxygen atoms in total. The number of anilines is 1. The summed E-state index contributed by atoms with van der Waals surface area (Å²) in [6.07, 6.45) is 0.350. The molecule has 0 aromatic heterocycles. The molecule has 0 aliphatic heterocycles. The van der Waals surface area contributed by atoms with Gasteiger partial charge in [0.2, 0.25) is 0 Å². The number of urea groups is 1. The van der Waals surface area contributed by atoms with E-state index in [1.807, 2.05) is 0 Å². The number of carboxylic acids is 1. The van der Waals surface area contributed by atoms with Crippen LogP contribution in [0.25, 0.3) is 0 Å². The number of benzene rings is 1. The van der Waals surface area contributed by atoms with Crippen LogP contribution in [0.3, 0.4) is 0 Å². The molecule has 0 fully saturated rings. The second kappa shape index (κ2) is 6.72. The summed E-state index contributed by atoms with van der Waals surface area (Å²) in [5.74, 6) is -1.23. The Hall–Kier alpha value is -2.11. The van der Waals surface area contributed by atoms with Crippen molar-refractivity contribution in [3.63, 3.8) is 0 Å². The van der Waals surface area contributed by atoms with Gasteiger partial charge in [-0.3, -0.25) is 4.79 Å². The molecule has 0 aliphatic carbocycles. The second-order valence-electron chi connectivity index (χ2n) is 4.40. The van der Waals surface area contributed by atoms with Gasteiger partial charge in [0, 0.05) is 18.2 Å². The topological polar surface area (TPSA) is 78.4 Å². The standard InChI is InChI=1S/C13H17FN2O3/c1-8-7-10(4-5-11(8)14)16-13(19)15-9(2)3-6-12(17)18/h4-5,7,9H,3,6H2,1-2H3,(H,17,18)(H2,15,16,19). The van der Waals surface area contributed by atoms with Gasteiger partial charge < -0.3 is 15.7 Å². The van der Waals surface area contributed by atoms with E-state index in [1.54, 1.807) is 13.8 Å². The van der Waals surface area contributed by atoms with Crippen molar-refractivity contribution in [1.29, 1.82) is 0 Å². The fourth-order valence-corrected chi connectivity index (χ4v) is 1.53. The third-order valence-electron chi connectivity index (χ3n) is 2.58. The minimum atomic E-state index is -0.900. The number of hydrogen-bond acceptors (Lipinski definition) is 2. The third kappa shape index (κ3) is 5.37. The summed E-state index contributed by atoms with van der Waals surface area (Å²) in [4.78, 5) is 22.0. The van der Waals surface area contributed by atoms with Crippen LogP contribution >= 0.6 is 0 Å². The number of carbonyl (C=O) groups is 2. The Morgan fingerprint density at radius 1 is 1.42 bits per heavy atom. The van der Waals surface area contributed by atoms with Gasteiger partial charge in [-0.05, 0) is 44.0 Å². The lowest BCUT2D eigenvalue weighted by atomic mass is 10.2. The van der Waals surface area contributed by atoms with Gasteiger partial charge in [0.05, 0.1) is 0 Å². The van der Waals surface area contributed by atoms with Crippen LogP contribution in [-0.2, 0) is 4.79 Å². The van der Waals surface area contributed by atoms with Crippen LogP contribution in [0.4, 0.5) is 14.9 Å². The highest BCUT2D eigenvalue weighted by Crippen LogP contribution is 2.13. The van der Waals surface area contributed by atoms with Crippen molar-refractivity contribution in [3.05, 3.63) is 29.6 Å². The maximum Gasteiger partial charge on any atom is 0.319 e. The molecule has 6 heteroatoms. The van der Waals surface area contributed by atoms with Crippen molar-refractivity contribution < 1.29 is 19.1 Å². The molecule has 19 heavy (non-hydrogen) atoms. The van der Waals surface area contributed by atoms with Crippen molar-refractivity contribution in [1.82, 2.24) is 5.32 Å². The summed E-state index contributed by atoms with van der Waals surface area (Å²) in [5.41, 5.74) is 0.929. The highest BCUT2D eigenvalue weighted by Gasteiger charge is 2.09. The number of aryl methyl sites for hydroxylation is 1. The van der Waals surface area contributed by atoms with Gasteiger partial charge in [0.1, 0.15) is 5.82 Å². The van der Waals surface area contributed by atoms with Crippen molar-refractivity contribution in [3.8, 4) is 0 Å². The van der Waals surface area contributed by atoms with Crippen molar-refractivity contribution in [2.24, 2.45) is 0 Å². The number of carbonyl (C=O) groups excluding carboxylic acids is 1. The molecule has 0 spiro atoms. The molecule has 1 atom stereocenters. The van der Waals surface area contributed by atoms with Crippen LogP contribution in [0.2, 0.25) is 0 Å². The Kier molecular flexibility index (Phi) is 5.29. The highest BCUT2D eigenvalue weighted by atomic mass is 19.1. The van der Waals surface area contributed by atoms with Gasteiger partial charge in [-0.2, -0.15) is 0 Å². The van der Waals surface area contributed by atoms with Crippen LogP contribution in [0.1, 0.15) is 25.3 Å².